The van der Waals surface area contributed by atoms with Crippen LogP contribution in [0.5, 0.6) is 5.75 Å². The number of rotatable bonds is 4. The summed E-state index contributed by atoms with van der Waals surface area (Å²) < 4.78 is 0. The summed E-state index contributed by atoms with van der Waals surface area (Å²) in [6, 6.07) is 6.36. The number of amides is 1. The van der Waals surface area contributed by atoms with E-state index in [1.54, 1.807) is 18.2 Å². The Morgan fingerprint density at radius 1 is 1.50 bits per heavy atom. The van der Waals surface area contributed by atoms with Crippen LogP contribution in [-0.2, 0) is 0 Å². The number of carbonyl (C=O) groups is 1. The molecule has 102 valence electrons. The number of phenols is 1. The van der Waals surface area contributed by atoms with Crippen molar-refractivity contribution in [3.05, 3.63) is 52.0 Å². The number of carbonyl (C=O) groups excluding carboxylic acids is 1. The molecule has 0 spiro atoms. The Morgan fingerprint density at radius 2 is 2.25 bits per heavy atom. The topological polar surface area (TPSA) is 134 Å². The van der Waals surface area contributed by atoms with Gasteiger partial charge in [-0.05, 0) is 17.1 Å². The second-order valence-corrected chi connectivity index (χ2v) is 3.61. The Morgan fingerprint density at radius 3 is 2.95 bits per heavy atom. The number of benzene rings is 1. The minimum atomic E-state index is -0.829. The molecule has 20 heavy (non-hydrogen) atoms. The Balaban J connectivity index is 2.08. The van der Waals surface area contributed by atoms with Crippen LogP contribution in [0.15, 0.2) is 35.7 Å². The summed E-state index contributed by atoms with van der Waals surface area (Å²) in [4.78, 5) is 27.3. The van der Waals surface area contributed by atoms with Gasteiger partial charge in [-0.2, -0.15) is 5.10 Å². The second-order valence-electron chi connectivity index (χ2n) is 3.61. The number of para-hydroxylation sites is 1. The van der Waals surface area contributed by atoms with Crippen LogP contribution in [0.3, 0.4) is 0 Å². The molecule has 0 saturated carbocycles. The molecular formula is C11H9N5O4. The van der Waals surface area contributed by atoms with Crippen LogP contribution in [0.1, 0.15) is 16.1 Å². The predicted octanol–water partition coefficient (Wildman–Crippen LogP) is 0.787. The fraction of sp³-hybridized carbons (Fsp3) is 0. The number of nitrogens with zero attached hydrogens (tertiary/aromatic N) is 3. The van der Waals surface area contributed by atoms with E-state index >= 15 is 0 Å². The van der Waals surface area contributed by atoms with Gasteiger partial charge in [0.1, 0.15) is 5.75 Å². The van der Waals surface area contributed by atoms with Gasteiger partial charge in [-0.1, -0.05) is 12.1 Å². The maximum absolute atomic E-state index is 11.6. The third kappa shape index (κ3) is 2.77. The maximum atomic E-state index is 11.6. The van der Waals surface area contributed by atoms with Crippen LogP contribution in [0.4, 0.5) is 5.82 Å². The molecule has 1 heterocycles. The van der Waals surface area contributed by atoms with Crippen LogP contribution in [0, 0.1) is 10.1 Å². The summed E-state index contributed by atoms with van der Waals surface area (Å²) >= 11 is 0. The number of aromatic nitrogens is 2. The summed E-state index contributed by atoms with van der Waals surface area (Å²) in [5.41, 5.74) is 2.11. The molecule has 0 radical (unpaired) electrons. The van der Waals surface area contributed by atoms with Crippen molar-refractivity contribution in [2.45, 2.75) is 0 Å². The van der Waals surface area contributed by atoms with Gasteiger partial charge in [-0.3, -0.25) is 4.79 Å². The van der Waals surface area contributed by atoms with E-state index in [1.807, 2.05) is 0 Å². The Bertz CT molecular complexity index is 679. The molecule has 1 amide bonds. The lowest BCUT2D eigenvalue weighted by molar-refractivity contribution is -0.389. The van der Waals surface area contributed by atoms with Crippen LogP contribution in [0.2, 0.25) is 0 Å². The van der Waals surface area contributed by atoms with Crippen LogP contribution >= 0.6 is 0 Å². The second kappa shape index (κ2) is 5.61. The van der Waals surface area contributed by atoms with Gasteiger partial charge in [0.15, 0.2) is 6.33 Å². The number of hydrogen-bond donors (Lipinski definition) is 3. The van der Waals surface area contributed by atoms with Gasteiger partial charge in [0.25, 0.3) is 5.91 Å². The van der Waals surface area contributed by atoms with Crippen LogP contribution < -0.4 is 5.43 Å². The van der Waals surface area contributed by atoms with E-state index in [9.17, 15) is 20.0 Å². The molecule has 0 saturated heterocycles. The highest BCUT2D eigenvalue weighted by Gasteiger charge is 2.21. The molecule has 0 atom stereocenters. The van der Waals surface area contributed by atoms with Crippen molar-refractivity contribution in [3.63, 3.8) is 0 Å². The largest absolute Gasteiger partial charge is 0.507 e. The van der Waals surface area contributed by atoms with Crippen LogP contribution in [-0.4, -0.2) is 32.1 Å². The molecule has 2 rings (SSSR count). The summed E-state index contributed by atoms with van der Waals surface area (Å²) in [6.07, 6.45) is 2.26. The molecule has 9 heteroatoms. The molecule has 0 aliphatic heterocycles. The minimum Gasteiger partial charge on any atom is -0.507 e. The van der Waals surface area contributed by atoms with Crippen molar-refractivity contribution in [1.82, 2.24) is 15.4 Å². The van der Waals surface area contributed by atoms with Gasteiger partial charge in [0.2, 0.25) is 5.69 Å². The lowest BCUT2D eigenvalue weighted by atomic mass is 10.2. The van der Waals surface area contributed by atoms with E-state index in [2.05, 4.69) is 20.5 Å². The zero-order valence-electron chi connectivity index (χ0n) is 9.98. The van der Waals surface area contributed by atoms with Gasteiger partial charge in [-0.15, -0.1) is 0 Å². The number of imidazole rings is 1. The number of hydrogen-bond acceptors (Lipinski definition) is 6. The third-order valence-electron chi connectivity index (χ3n) is 2.32. The quantitative estimate of drug-likeness (QED) is 0.431. The Labute approximate surface area is 112 Å². The molecule has 2 aromatic rings. The summed E-state index contributed by atoms with van der Waals surface area (Å²) in [6.45, 7) is 0. The first-order valence-corrected chi connectivity index (χ1v) is 5.38. The number of phenolic OH excluding ortho intramolecular Hbond substituents is 1. The van der Waals surface area contributed by atoms with E-state index in [0.29, 0.717) is 5.56 Å². The number of hydrazone groups is 1. The van der Waals surface area contributed by atoms with Crippen molar-refractivity contribution in [2.24, 2.45) is 5.10 Å². The minimum absolute atomic E-state index is 0.00347. The molecular weight excluding hydrogens is 266 g/mol. The number of aromatic amines is 1. The van der Waals surface area contributed by atoms with Gasteiger partial charge >= 0.3 is 5.82 Å². The van der Waals surface area contributed by atoms with Gasteiger partial charge < -0.3 is 15.2 Å². The smallest absolute Gasteiger partial charge is 0.353 e. The van der Waals surface area contributed by atoms with Crippen molar-refractivity contribution >= 4 is 17.9 Å². The monoisotopic (exact) mass is 275 g/mol. The lowest BCUT2D eigenvalue weighted by Crippen LogP contribution is -2.19. The Hall–Kier alpha value is -3.23. The van der Waals surface area contributed by atoms with Crippen molar-refractivity contribution in [2.75, 3.05) is 0 Å². The number of nitrogens with one attached hydrogen (secondary N) is 2. The van der Waals surface area contributed by atoms with Crippen molar-refractivity contribution in [3.8, 4) is 5.75 Å². The van der Waals surface area contributed by atoms with Gasteiger partial charge in [0, 0.05) is 5.56 Å². The van der Waals surface area contributed by atoms with E-state index in [1.165, 1.54) is 12.3 Å². The molecule has 0 unspecified atom stereocenters. The maximum Gasteiger partial charge on any atom is 0.353 e. The Kier molecular flexibility index (Phi) is 3.70. The first-order chi connectivity index (χ1) is 9.59. The zero-order valence-corrected chi connectivity index (χ0v) is 9.98. The first kappa shape index (κ1) is 13.2. The zero-order chi connectivity index (χ0) is 14.5. The highest BCUT2D eigenvalue weighted by Crippen LogP contribution is 2.13. The molecule has 0 fully saturated rings. The van der Waals surface area contributed by atoms with Crippen molar-refractivity contribution < 1.29 is 14.8 Å². The number of nitro groups is 1. The lowest BCUT2D eigenvalue weighted by Gasteiger charge is -1.98. The average Bonchev–Trinajstić information content (AvgIpc) is 2.90. The molecule has 0 bridgehead atoms. The molecule has 0 aliphatic carbocycles. The third-order valence-corrected chi connectivity index (χ3v) is 2.32. The molecule has 9 nitrogen and oxygen atoms in total. The molecule has 0 aliphatic rings. The van der Waals surface area contributed by atoms with E-state index < -0.39 is 16.6 Å². The van der Waals surface area contributed by atoms with Crippen molar-refractivity contribution in [1.29, 1.82) is 0 Å². The van der Waals surface area contributed by atoms with Gasteiger partial charge in [-0.25, -0.2) is 15.4 Å². The highest BCUT2D eigenvalue weighted by molar-refractivity contribution is 5.96. The fourth-order valence-electron chi connectivity index (χ4n) is 1.40. The standard InChI is InChI=1S/C11H9N5O4/c17-8-4-2-1-3-7(8)5-14-15-11(18)9-10(16(19)20)13-6-12-9/h1-6,17H,(H,12,13)(H,15,18). The average molecular weight is 275 g/mol. The van der Waals surface area contributed by atoms with Gasteiger partial charge in [0.05, 0.1) is 6.21 Å². The molecule has 1 aromatic carbocycles. The van der Waals surface area contributed by atoms with E-state index in [0.717, 1.165) is 6.33 Å². The SMILES string of the molecule is O=C(NN=Cc1ccccc1O)c1nc[nH]c1[N+](=O)[O-]. The number of H-pyrrole nitrogens is 1. The normalized spacial score (nSPS) is 10.6. The van der Waals surface area contributed by atoms with E-state index in [4.69, 9.17) is 0 Å². The fourth-order valence-corrected chi connectivity index (χ4v) is 1.40. The molecule has 3 N–H and O–H groups in total. The van der Waals surface area contributed by atoms with Crippen LogP contribution in [0.25, 0.3) is 0 Å². The number of aromatic hydroxyl groups is 1. The summed E-state index contributed by atoms with van der Waals surface area (Å²) in [7, 11) is 0. The first-order valence-electron chi connectivity index (χ1n) is 5.38. The molecule has 1 aromatic heterocycles. The highest BCUT2D eigenvalue weighted by atomic mass is 16.6. The summed E-state index contributed by atoms with van der Waals surface area (Å²) in [5, 5.41) is 23.7. The van der Waals surface area contributed by atoms with E-state index in [-0.39, 0.29) is 11.4 Å². The summed E-state index contributed by atoms with van der Waals surface area (Å²) in [5.74, 6) is -1.35. The predicted molar refractivity (Wildman–Crippen MR) is 68.4 cm³/mol.